The van der Waals surface area contributed by atoms with Gasteiger partial charge in [0.05, 0.1) is 13.1 Å². The summed E-state index contributed by atoms with van der Waals surface area (Å²) in [6, 6.07) is 6.62. The molecular weight excluding hydrogens is 741 g/mol. The fraction of sp³-hybridized carbons (Fsp3) is 0.500. The summed E-state index contributed by atoms with van der Waals surface area (Å²) >= 11 is 0. The van der Waals surface area contributed by atoms with Crippen LogP contribution in [0.15, 0.2) is 59.5 Å². The Bertz CT molecular complexity index is 2000. The third-order valence-electron chi connectivity index (χ3n) is 10.1. The van der Waals surface area contributed by atoms with E-state index in [2.05, 4.69) is 10.6 Å². The lowest BCUT2D eigenvalue weighted by molar-refractivity contribution is -0.141. The number of ether oxygens (including phenoxy) is 2. The maximum atomic E-state index is 14.5. The lowest BCUT2D eigenvalue weighted by Gasteiger charge is -2.30. The summed E-state index contributed by atoms with van der Waals surface area (Å²) in [5.41, 5.74) is -1.66. The molecule has 3 N–H and O–H groups in total. The van der Waals surface area contributed by atoms with Crippen LogP contribution < -0.4 is 15.4 Å². The number of hydrogen-bond acceptors (Lipinski definition) is 9. The van der Waals surface area contributed by atoms with Gasteiger partial charge >= 0.3 is 12.2 Å². The Labute approximate surface area is 318 Å². The van der Waals surface area contributed by atoms with Crippen molar-refractivity contribution < 1.29 is 50.6 Å². The molecule has 17 heteroatoms. The summed E-state index contributed by atoms with van der Waals surface area (Å²) in [6.07, 6.45) is 3.39. The second kappa shape index (κ2) is 15.6. The van der Waals surface area contributed by atoms with Gasteiger partial charge in [-0.3, -0.25) is 19.3 Å². The normalized spacial score (nSPS) is 26.3. The molecule has 0 unspecified atom stereocenters. The minimum atomic E-state index is -4.70. The van der Waals surface area contributed by atoms with E-state index in [0.717, 1.165) is 12.1 Å². The van der Waals surface area contributed by atoms with Crippen LogP contribution in [0.4, 0.5) is 18.4 Å². The lowest BCUT2D eigenvalue weighted by atomic mass is 10.0. The van der Waals surface area contributed by atoms with E-state index in [9.17, 15) is 41.2 Å². The minimum Gasteiger partial charge on any atom is -0.444 e. The van der Waals surface area contributed by atoms with Gasteiger partial charge in [-0.05, 0) is 70.2 Å². The highest BCUT2D eigenvalue weighted by atomic mass is 32.2. The fourth-order valence-electron chi connectivity index (χ4n) is 7.27. The lowest BCUT2D eigenvalue weighted by Crippen LogP contribution is -2.58. The molecule has 1 saturated heterocycles. The largest absolute Gasteiger partial charge is 0.444 e. The Hall–Kier alpha value is -5.06. The molecule has 0 radical (unpaired) electrons. The number of fused-ring (bicyclic) bond motifs is 3. The molecule has 5 atom stereocenters. The van der Waals surface area contributed by atoms with Crippen molar-refractivity contribution in [1.29, 1.82) is 0 Å². The second-order valence-electron chi connectivity index (χ2n) is 15.4. The van der Waals surface area contributed by atoms with Gasteiger partial charge in [0.2, 0.25) is 11.8 Å². The van der Waals surface area contributed by atoms with Crippen LogP contribution in [0.25, 0.3) is 0 Å². The van der Waals surface area contributed by atoms with Crippen LogP contribution in [0.1, 0.15) is 76.8 Å². The van der Waals surface area contributed by atoms with Crippen molar-refractivity contribution in [2.45, 2.75) is 113 Å². The molecule has 6 rings (SSSR count). The van der Waals surface area contributed by atoms with E-state index in [0.29, 0.717) is 36.8 Å². The third-order valence-corrected chi connectivity index (χ3v) is 11.5. The molecule has 0 bridgehead atoms. The molecule has 3 aliphatic heterocycles. The van der Waals surface area contributed by atoms with Crippen molar-refractivity contribution in [3.63, 3.8) is 0 Å². The average Bonchev–Trinajstić information content (AvgIpc) is 3.40. The van der Waals surface area contributed by atoms with Crippen LogP contribution in [0.3, 0.4) is 0 Å². The Balaban J connectivity index is 1.27. The average molecular weight is 786 g/mol. The van der Waals surface area contributed by atoms with Crippen molar-refractivity contribution in [2.24, 2.45) is 5.92 Å². The Morgan fingerprint density at radius 3 is 2.45 bits per heavy atom. The minimum absolute atomic E-state index is 0.0157. The number of carbonyl (C=O) groups is 5. The van der Waals surface area contributed by atoms with Gasteiger partial charge in [0, 0.05) is 24.4 Å². The summed E-state index contributed by atoms with van der Waals surface area (Å²) in [6.45, 7) is 4.81. The van der Waals surface area contributed by atoms with Gasteiger partial charge in [-0.2, -0.15) is 0 Å². The molecule has 55 heavy (non-hydrogen) atoms. The molecule has 0 spiro atoms. The third kappa shape index (κ3) is 8.92. The zero-order valence-corrected chi connectivity index (χ0v) is 31.6. The number of allylic oxidation sites excluding steroid dienone is 1. The second-order valence-corrected chi connectivity index (χ2v) is 17.0. The smallest absolute Gasteiger partial charge is 0.410 e. The first kappa shape index (κ1) is 39.6. The molecule has 2 aromatic rings. The van der Waals surface area contributed by atoms with Crippen molar-refractivity contribution in [3.8, 4) is 0 Å². The number of sulfonamides is 1. The van der Waals surface area contributed by atoms with Gasteiger partial charge in [-0.1, -0.05) is 49.3 Å². The standard InChI is InChI=1S/C38H45F2N5O9S/c1-37(2,3)54-35(49)41-29-16-8-6-4-5-7-13-24-19-38(24,34(48)43-55(51,52)31-17-10-9-14-28(31)40)42-32(46)30-18-25(21-45(30)33(29)47)53-36(50)44-20-23-12-11-15-27(39)26(23)22-44/h7,9-15,17,24-25,29-30H,4-6,8,16,18-22H2,1-3H3,(H,41,49)(H,42,46)(H,43,48)/b13-7-/t24-,25-,29+,30+,38-/m1/s1. The molecule has 3 heterocycles. The summed E-state index contributed by atoms with van der Waals surface area (Å²) in [4.78, 5) is 70.5. The molecule has 4 aliphatic rings. The van der Waals surface area contributed by atoms with Gasteiger partial charge < -0.3 is 25.0 Å². The van der Waals surface area contributed by atoms with E-state index < -0.39 is 91.7 Å². The van der Waals surface area contributed by atoms with Gasteiger partial charge in [0.15, 0.2) is 0 Å². The summed E-state index contributed by atoms with van der Waals surface area (Å²) in [5, 5.41) is 5.33. The number of amides is 5. The fourth-order valence-corrected chi connectivity index (χ4v) is 8.39. The van der Waals surface area contributed by atoms with Crippen LogP contribution in [0.2, 0.25) is 0 Å². The van der Waals surface area contributed by atoms with Crippen molar-refractivity contribution >= 4 is 39.9 Å². The SMILES string of the molecule is CC(C)(C)OC(=O)N[C@H]1CCCCC/C=C\[C@@H]2C[C@@]2(C(=O)NS(=O)(=O)c2ccccc2F)NC(=O)[C@@H]2C[C@@H](OC(=O)N3Cc4cccc(F)c4C3)CN2C1=O. The first-order valence-electron chi connectivity index (χ1n) is 18.3. The molecule has 0 aromatic heterocycles. The van der Waals surface area contributed by atoms with Gasteiger partial charge in [-0.15, -0.1) is 0 Å². The quantitative estimate of drug-likeness (QED) is 0.375. The number of hydrogen-bond donors (Lipinski definition) is 3. The Kier molecular flexibility index (Phi) is 11.2. The summed E-state index contributed by atoms with van der Waals surface area (Å²) < 4.78 is 68.4. The molecule has 14 nitrogen and oxygen atoms in total. The molecule has 1 saturated carbocycles. The van der Waals surface area contributed by atoms with Crippen LogP contribution in [0, 0.1) is 17.6 Å². The molecule has 1 aliphatic carbocycles. The number of halogens is 2. The first-order chi connectivity index (χ1) is 26.0. The highest BCUT2D eigenvalue weighted by Gasteiger charge is 2.62. The highest BCUT2D eigenvalue weighted by Crippen LogP contribution is 2.46. The monoisotopic (exact) mass is 785 g/mol. The van der Waals surface area contributed by atoms with E-state index in [-0.39, 0.29) is 38.9 Å². The number of nitrogens with one attached hydrogen (secondary N) is 3. The van der Waals surface area contributed by atoms with Crippen LogP contribution in [0.5, 0.6) is 0 Å². The van der Waals surface area contributed by atoms with Crippen molar-refractivity contribution in [3.05, 3.63) is 77.4 Å². The number of alkyl carbamates (subject to hydrolysis) is 1. The summed E-state index contributed by atoms with van der Waals surface area (Å²) in [7, 11) is -4.70. The van der Waals surface area contributed by atoms with Crippen LogP contribution in [-0.2, 0) is 47.0 Å². The zero-order valence-electron chi connectivity index (χ0n) is 30.8. The van der Waals surface area contributed by atoms with Crippen molar-refractivity contribution in [2.75, 3.05) is 6.54 Å². The summed E-state index contributed by atoms with van der Waals surface area (Å²) in [5.74, 6) is -4.73. The molecular formula is C38H45F2N5O9S. The molecule has 2 aromatic carbocycles. The topological polar surface area (TPSA) is 181 Å². The van der Waals surface area contributed by atoms with Gasteiger partial charge in [-0.25, -0.2) is 31.5 Å². The molecule has 296 valence electrons. The van der Waals surface area contributed by atoms with Crippen LogP contribution in [-0.4, -0.2) is 84.0 Å². The number of nitrogens with zero attached hydrogens (tertiary/aromatic N) is 2. The number of carbonyl (C=O) groups excluding carboxylic acids is 5. The maximum absolute atomic E-state index is 14.5. The predicted molar refractivity (Wildman–Crippen MR) is 192 cm³/mol. The van der Waals surface area contributed by atoms with Gasteiger partial charge in [0.1, 0.15) is 45.9 Å². The Morgan fingerprint density at radius 2 is 1.73 bits per heavy atom. The maximum Gasteiger partial charge on any atom is 0.410 e. The number of rotatable bonds is 5. The van der Waals surface area contributed by atoms with E-state index in [1.165, 1.54) is 28.0 Å². The first-order valence-corrected chi connectivity index (χ1v) is 19.8. The predicted octanol–water partition coefficient (Wildman–Crippen LogP) is 4.18. The van der Waals surface area contributed by atoms with Gasteiger partial charge in [0.25, 0.3) is 15.9 Å². The zero-order chi connectivity index (χ0) is 39.7. The number of benzene rings is 2. The van der Waals surface area contributed by atoms with E-state index in [4.69, 9.17) is 9.47 Å². The Morgan fingerprint density at radius 1 is 0.982 bits per heavy atom. The van der Waals surface area contributed by atoms with E-state index in [1.807, 2.05) is 10.8 Å². The van der Waals surface area contributed by atoms with E-state index in [1.54, 1.807) is 39.0 Å². The molecule has 2 fully saturated rings. The van der Waals surface area contributed by atoms with Crippen LogP contribution >= 0.6 is 0 Å². The molecule has 5 amide bonds. The highest BCUT2D eigenvalue weighted by molar-refractivity contribution is 7.90. The van der Waals surface area contributed by atoms with Crippen molar-refractivity contribution in [1.82, 2.24) is 25.2 Å². The van der Waals surface area contributed by atoms with E-state index >= 15 is 0 Å².